The van der Waals surface area contributed by atoms with Crippen LogP contribution >= 0.6 is 15.9 Å². The van der Waals surface area contributed by atoms with E-state index in [0.29, 0.717) is 17.6 Å². The first-order chi connectivity index (χ1) is 8.40. The average Bonchev–Trinajstić information content (AvgIpc) is 2.29. The van der Waals surface area contributed by atoms with Gasteiger partial charge in [-0.3, -0.25) is 0 Å². The average molecular weight is 337 g/mol. The van der Waals surface area contributed by atoms with E-state index in [4.69, 9.17) is 10.5 Å². The lowest BCUT2D eigenvalue weighted by atomic mass is 10.2. The molecule has 0 spiro atoms. The van der Waals surface area contributed by atoms with Gasteiger partial charge in [-0.2, -0.15) is 0 Å². The molecule has 0 fully saturated rings. The van der Waals surface area contributed by atoms with Crippen LogP contribution in [0.25, 0.3) is 0 Å². The minimum Gasteiger partial charge on any atom is -0.383 e. The molecule has 102 valence electrons. The van der Waals surface area contributed by atoms with Crippen LogP contribution in [-0.2, 0) is 21.3 Å². The Morgan fingerprint density at radius 2 is 2.17 bits per heavy atom. The molecule has 0 aromatic heterocycles. The van der Waals surface area contributed by atoms with Crippen molar-refractivity contribution in [3.63, 3.8) is 0 Å². The Labute approximate surface area is 116 Å². The topological polar surface area (TPSA) is 81.4 Å². The molecule has 0 aliphatic heterocycles. The molecule has 0 aliphatic carbocycles. The van der Waals surface area contributed by atoms with Crippen molar-refractivity contribution in [2.45, 2.75) is 24.4 Å². The molecule has 18 heavy (non-hydrogen) atoms. The molecule has 7 heteroatoms. The zero-order valence-electron chi connectivity index (χ0n) is 10.3. The first kappa shape index (κ1) is 15.6. The van der Waals surface area contributed by atoms with Crippen molar-refractivity contribution in [3.05, 3.63) is 28.2 Å². The molecule has 1 aromatic rings. The zero-order valence-corrected chi connectivity index (χ0v) is 12.7. The fourth-order valence-corrected chi connectivity index (χ4v) is 3.73. The van der Waals surface area contributed by atoms with E-state index < -0.39 is 10.0 Å². The van der Waals surface area contributed by atoms with Gasteiger partial charge in [-0.15, -0.1) is 0 Å². The van der Waals surface area contributed by atoms with Gasteiger partial charge in [-0.25, -0.2) is 13.1 Å². The molecule has 1 unspecified atom stereocenters. The number of sulfonamides is 1. The van der Waals surface area contributed by atoms with Crippen molar-refractivity contribution < 1.29 is 13.2 Å². The molecule has 1 aromatic carbocycles. The number of hydrogen-bond donors (Lipinski definition) is 2. The van der Waals surface area contributed by atoms with Gasteiger partial charge in [0, 0.05) is 24.2 Å². The lowest BCUT2D eigenvalue weighted by Gasteiger charge is -2.14. The standard InChI is InChI=1S/C11H17BrN2O3S/c1-8(7-17-2)14-18(15,16)11-5-9(6-13)3-4-10(11)12/h3-5,8,14H,6-7,13H2,1-2H3. The van der Waals surface area contributed by atoms with Gasteiger partial charge in [0.25, 0.3) is 0 Å². The van der Waals surface area contributed by atoms with Crippen LogP contribution in [0.3, 0.4) is 0 Å². The van der Waals surface area contributed by atoms with Gasteiger partial charge >= 0.3 is 0 Å². The quantitative estimate of drug-likeness (QED) is 0.818. The van der Waals surface area contributed by atoms with E-state index in [-0.39, 0.29) is 10.9 Å². The SMILES string of the molecule is COCC(C)NS(=O)(=O)c1cc(CN)ccc1Br. The second-order valence-corrected chi connectivity index (χ2v) is 6.48. The summed E-state index contributed by atoms with van der Waals surface area (Å²) >= 11 is 3.23. The molecule has 1 rings (SSSR count). The number of ether oxygens (including phenoxy) is 1. The summed E-state index contributed by atoms with van der Waals surface area (Å²) in [5.74, 6) is 0. The normalized spacial score (nSPS) is 13.6. The Bertz CT molecular complexity index is 505. The molecule has 0 radical (unpaired) electrons. The number of rotatable bonds is 6. The highest BCUT2D eigenvalue weighted by Gasteiger charge is 2.20. The van der Waals surface area contributed by atoms with Crippen LogP contribution in [0.5, 0.6) is 0 Å². The first-order valence-electron chi connectivity index (χ1n) is 5.40. The minimum atomic E-state index is -3.58. The predicted molar refractivity (Wildman–Crippen MR) is 73.7 cm³/mol. The van der Waals surface area contributed by atoms with Crippen molar-refractivity contribution in [1.29, 1.82) is 0 Å². The van der Waals surface area contributed by atoms with E-state index in [0.717, 1.165) is 5.56 Å². The second-order valence-electron chi connectivity index (χ2n) is 3.95. The lowest BCUT2D eigenvalue weighted by Crippen LogP contribution is -2.35. The maximum atomic E-state index is 12.2. The van der Waals surface area contributed by atoms with Crippen LogP contribution in [0.15, 0.2) is 27.6 Å². The van der Waals surface area contributed by atoms with Crippen LogP contribution in [-0.4, -0.2) is 28.2 Å². The molecule has 0 bridgehead atoms. The maximum absolute atomic E-state index is 12.2. The summed E-state index contributed by atoms with van der Waals surface area (Å²) < 4.78 is 32.3. The summed E-state index contributed by atoms with van der Waals surface area (Å²) in [7, 11) is -2.05. The lowest BCUT2D eigenvalue weighted by molar-refractivity contribution is 0.180. The molecule has 0 heterocycles. The highest BCUT2D eigenvalue weighted by Crippen LogP contribution is 2.23. The molecule has 5 nitrogen and oxygen atoms in total. The molecule has 1 atom stereocenters. The molecule has 0 aliphatic rings. The largest absolute Gasteiger partial charge is 0.383 e. The molecular formula is C11H17BrN2O3S. The van der Waals surface area contributed by atoms with E-state index in [1.165, 1.54) is 7.11 Å². The number of hydrogen-bond acceptors (Lipinski definition) is 4. The Hall–Kier alpha value is -0.470. The number of methoxy groups -OCH3 is 1. The molecule has 0 amide bonds. The van der Waals surface area contributed by atoms with Crippen molar-refractivity contribution in [2.75, 3.05) is 13.7 Å². The van der Waals surface area contributed by atoms with Crippen molar-refractivity contribution in [2.24, 2.45) is 5.73 Å². The summed E-state index contributed by atoms with van der Waals surface area (Å²) in [6.45, 7) is 2.35. The van der Waals surface area contributed by atoms with Crippen LogP contribution in [0.4, 0.5) is 0 Å². The minimum absolute atomic E-state index is 0.188. The monoisotopic (exact) mass is 336 g/mol. The summed E-state index contributed by atoms with van der Waals surface area (Å²) in [6, 6.07) is 4.72. The third kappa shape index (κ3) is 4.03. The molecule has 0 saturated carbocycles. The third-order valence-corrected chi connectivity index (χ3v) is 4.88. The van der Waals surface area contributed by atoms with E-state index in [9.17, 15) is 8.42 Å². The molecule has 0 saturated heterocycles. The van der Waals surface area contributed by atoms with Crippen LogP contribution < -0.4 is 10.5 Å². The van der Waals surface area contributed by atoms with E-state index in [2.05, 4.69) is 20.7 Å². The summed E-state index contributed by atoms with van der Waals surface area (Å²) in [6.07, 6.45) is 0. The third-order valence-electron chi connectivity index (χ3n) is 2.29. The summed E-state index contributed by atoms with van der Waals surface area (Å²) in [5.41, 5.74) is 6.27. The first-order valence-corrected chi connectivity index (χ1v) is 7.68. The fourth-order valence-electron chi connectivity index (χ4n) is 1.49. The van der Waals surface area contributed by atoms with Gasteiger partial charge in [-0.1, -0.05) is 6.07 Å². The van der Waals surface area contributed by atoms with Gasteiger partial charge < -0.3 is 10.5 Å². The van der Waals surface area contributed by atoms with E-state index in [1.54, 1.807) is 25.1 Å². The molecule has 3 N–H and O–H groups in total. The van der Waals surface area contributed by atoms with Crippen LogP contribution in [0.1, 0.15) is 12.5 Å². The van der Waals surface area contributed by atoms with Gasteiger partial charge in [-0.05, 0) is 40.5 Å². The number of nitrogens with two attached hydrogens (primary N) is 1. The van der Waals surface area contributed by atoms with Gasteiger partial charge in [0.15, 0.2) is 0 Å². The number of nitrogens with one attached hydrogen (secondary N) is 1. The van der Waals surface area contributed by atoms with Gasteiger partial charge in [0.2, 0.25) is 10.0 Å². The van der Waals surface area contributed by atoms with Gasteiger partial charge in [0.05, 0.1) is 11.5 Å². The highest BCUT2D eigenvalue weighted by atomic mass is 79.9. The van der Waals surface area contributed by atoms with Crippen LogP contribution in [0.2, 0.25) is 0 Å². The maximum Gasteiger partial charge on any atom is 0.242 e. The van der Waals surface area contributed by atoms with Gasteiger partial charge in [0.1, 0.15) is 0 Å². The van der Waals surface area contributed by atoms with Crippen molar-refractivity contribution in [1.82, 2.24) is 4.72 Å². The second kappa shape index (κ2) is 6.63. The number of halogens is 1. The van der Waals surface area contributed by atoms with Crippen LogP contribution in [0, 0.1) is 0 Å². The Morgan fingerprint density at radius 1 is 1.50 bits per heavy atom. The smallest absolute Gasteiger partial charge is 0.242 e. The summed E-state index contributed by atoms with van der Waals surface area (Å²) in [5, 5.41) is 0. The highest BCUT2D eigenvalue weighted by molar-refractivity contribution is 9.10. The summed E-state index contributed by atoms with van der Waals surface area (Å²) in [4.78, 5) is 0.188. The fraction of sp³-hybridized carbons (Fsp3) is 0.455. The van der Waals surface area contributed by atoms with E-state index >= 15 is 0 Å². The Morgan fingerprint density at radius 3 is 2.72 bits per heavy atom. The number of benzene rings is 1. The van der Waals surface area contributed by atoms with E-state index in [1.807, 2.05) is 0 Å². The zero-order chi connectivity index (χ0) is 13.8. The van der Waals surface area contributed by atoms with Crippen molar-refractivity contribution in [3.8, 4) is 0 Å². The Kier molecular flexibility index (Phi) is 5.74. The molecular weight excluding hydrogens is 320 g/mol. The predicted octanol–water partition coefficient (Wildman–Crippen LogP) is 1.22. The van der Waals surface area contributed by atoms with Crippen molar-refractivity contribution >= 4 is 26.0 Å². The Balaban J connectivity index is 3.04.